The molecule has 1 saturated heterocycles. The third kappa shape index (κ3) is 2.61. The molecule has 3 rings (SSSR count). The van der Waals surface area contributed by atoms with Crippen LogP contribution in [0.25, 0.3) is 5.65 Å². The number of hydrogen-bond acceptors (Lipinski definition) is 4. The van der Waals surface area contributed by atoms with Gasteiger partial charge in [-0.15, -0.1) is 0 Å². The summed E-state index contributed by atoms with van der Waals surface area (Å²) in [7, 11) is 0. The number of rotatable bonds is 3. The molecule has 1 fully saturated rings. The molecule has 2 aromatic heterocycles. The third-order valence-electron chi connectivity index (χ3n) is 3.67. The fourth-order valence-corrected chi connectivity index (χ4v) is 2.58. The standard InChI is InChI=1S/C14H17N3O2/c18-12-3-4-13-16-11(7-14(19)17(13)9-12)2-1-10-5-6-15-8-10/h3-4,7,9-10,15,18H,1-2,5-6,8H2. The van der Waals surface area contributed by atoms with Crippen LogP contribution < -0.4 is 10.9 Å². The van der Waals surface area contributed by atoms with E-state index < -0.39 is 0 Å². The maximum atomic E-state index is 11.9. The van der Waals surface area contributed by atoms with Crippen LogP contribution in [0.15, 0.2) is 29.2 Å². The second-order valence-corrected chi connectivity index (χ2v) is 5.10. The summed E-state index contributed by atoms with van der Waals surface area (Å²) >= 11 is 0. The summed E-state index contributed by atoms with van der Waals surface area (Å²) < 4.78 is 1.37. The molecule has 0 saturated carbocycles. The molecule has 19 heavy (non-hydrogen) atoms. The highest BCUT2D eigenvalue weighted by molar-refractivity contribution is 5.41. The van der Waals surface area contributed by atoms with Crippen molar-refractivity contribution in [2.45, 2.75) is 19.3 Å². The van der Waals surface area contributed by atoms with E-state index in [0.717, 1.165) is 31.6 Å². The topological polar surface area (TPSA) is 66.6 Å². The van der Waals surface area contributed by atoms with Crippen LogP contribution in [-0.2, 0) is 6.42 Å². The van der Waals surface area contributed by atoms with Crippen molar-refractivity contribution in [3.8, 4) is 5.75 Å². The predicted octanol–water partition coefficient (Wildman–Crippen LogP) is 0.942. The molecule has 0 bridgehead atoms. The monoisotopic (exact) mass is 259 g/mol. The van der Waals surface area contributed by atoms with Crippen molar-refractivity contribution in [1.29, 1.82) is 0 Å². The van der Waals surface area contributed by atoms with E-state index in [9.17, 15) is 9.90 Å². The first-order valence-electron chi connectivity index (χ1n) is 6.64. The van der Waals surface area contributed by atoms with Crippen molar-refractivity contribution in [3.05, 3.63) is 40.4 Å². The first-order valence-corrected chi connectivity index (χ1v) is 6.64. The van der Waals surface area contributed by atoms with Gasteiger partial charge < -0.3 is 10.4 Å². The van der Waals surface area contributed by atoms with Crippen LogP contribution in [0, 0.1) is 5.92 Å². The largest absolute Gasteiger partial charge is 0.506 e. The fourth-order valence-electron chi connectivity index (χ4n) is 2.58. The van der Waals surface area contributed by atoms with Gasteiger partial charge in [0.15, 0.2) is 0 Å². The molecular weight excluding hydrogens is 242 g/mol. The molecule has 1 aliphatic heterocycles. The van der Waals surface area contributed by atoms with E-state index in [1.54, 1.807) is 18.2 Å². The van der Waals surface area contributed by atoms with Gasteiger partial charge in [-0.3, -0.25) is 9.20 Å². The Morgan fingerprint density at radius 2 is 2.37 bits per heavy atom. The first kappa shape index (κ1) is 12.2. The Kier molecular flexibility index (Phi) is 3.21. The van der Waals surface area contributed by atoms with E-state index in [1.807, 2.05) is 0 Å². The van der Waals surface area contributed by atoms with Crippen LogP contribution in [0.5, 0.6) is 5.75 Å². The van der Waals surface area contributed by atoms with Gasteiger partial charge in [0.1, 0.15) is 11.4 Å². The molecule has 2 N–H and O–H groups in total. The van der Waals surface area contributed by atoms with Crippen molar-refractivity contribution < 1.29 is 5.11 Å². The van der Waals surface area contributed by atoms with Crippen molar-refractivity contribution in [2.75, 3.05) is 13.1 Å². The van der Waals surface area contributed by atoms with E-state index in [4.69, 9.17) is 0 Å². The summed E-state index contributed by atoms with van der Waals surface area (Å²) in [6.45, 7) is 2.16. The highest BCUT2D eigenvalue weighted by Crippen LogP contribution is 2.15. The van der Waals surface area contributed by atoms with Crippen LogP contribution in [0.3, 0.4) is 0 Å². The van der Waals surface area contributed by atoms with Gasteiger partial charge in [0, 0.05) is 11.8 Å². The second-order valence-electron chi connectivity index (χ2n) is 5.10. The molecule has 5 heteroatoms. The van der Waals surface area contributed by atoms with Gasteiger partial charge in [0.05, 0.1) is 6.20 Å². The number of aromatic hydroxyl groups is 1. The summed E-state index contributed by atoms with van der Waals surface area (Å²) in [5, 5.41) is 12.7. The lowest BCUT2D eigenvalue weighted by molar-refractivity contribution is 0.471. The first-order chi connectivity index (χ1) is 9.22. The zero-order valence-corrected chi connectivity index (χ0v) is 10.7. The van der Waals surface area contributed by atoms with Gasteiger partial charge in [-0.25, -0.2) is 4.98 Å². The van der Waals surface area contributed by atoms with Crippen molar-refractivity contribution >= 4 is 5.65 Å². The molecule has 1 aliphatic rings. The van der Waals surface area contributed by atoms with Gasteiger partial charge in [0.25, 0.3) is 5.56 Å². The van der Waals surface area contributed by atoms with Crippen LogP contribution in [0.1, 0.15) is 18.5 Å². The summed E-state index contributed by atoms with van der Waals surface area (Å²) in [6.07, 6.45) is 4.50. The Morgan fingerprint density at radius 1 is 1.47 bits per heavy atom. The summed E-state index contributed by atoms with van der Waals surface area (Å²) in [4.78, 5) is 16.4. The lowest BCUT2D eigenvalue weighted by Crippen LogP contribution is -2.16. The van der Waals surface area contributed by atoms with Crippen LogP contribution in [-0.4, -0.2) is 27.6 Å². The van der Waals surface area contributed by atoms with Crippen LogP contribution in [0.2, 0.25) is 0 Å². The lowest BCUT2D eigenvalue weighted by Gasteiger charge is -2.08. The Hall–Kier alpha value is -1.88. The highest BCUT2D eigenvalue weighted by Gasteiger charge is 2.14. The number of hydrogen-bond donors (Lipinski definition) is 2. The average Bonchev–Trinajstić information content (AvgIpc) is 2.90. The summed E-state index contributed by atoms with van der Waals surface area (Å²) in [5.41, 5.74) is 1.29. The number of aryl methyl sites for hydroxylation is 1. The van der Waals surface area contributed by atoms with Gasteiger partial charge in [0.2, 0.25) is 0 Å². The molecule has 5 nitrogen and oxygen atoms in total. The Morgan fingerprint density at radius 3 is 3.16 bits per heavy atom. The molecule has 100 valence electrons. The summed E-state index contributed by atoms with van der Waals surface area (Å²) in [5.74, 6) is 0.765. The normalized spacial score (nSPS) is 19.1. The molecule has 2 aromatic rings. The van der Waals surface area contributed by atoms with E-state index >= 15 is 0 Å². The zero-order chi connectivity index (χ0) is 13.2. The van der Waals surface area contributed by atoms with Gasteiger partial charge >= 0.3 is 0 Å². The minimum atomic E-state index is -0.138. The van der Waals surface area contributed by atoms with Crippen LogP contribution >= 0.6 is 0 Å². The number of aromatic nitrogens is 2. The molecule has 0 spiro atoms. The van der Waals surface area contributed by atoms with Crippen LogP contribution in [0.4, 0.5) is 0 Å². The molecular formula is C14H17N3O2. The van der Waals surface area contributed by atoms with Gasteiger partial charge in [-0.2, -0.15) is 0 Å². The SMILES string of the molecule is O=c1cc(CCC2CCNC2)nc2ccc(O)cn12. The number of nitrogens with one attached hydrogen (secondary N) is 1. The van der Waals surface area contributed by atoms with E-state index in [-0.39, 0.29) is 11.3 Å². The van der Waals surface area contributed by atoms with Gasteiger partial charge in [-0.1, -0.05) is 0 Å². The average molecular weight is 259 g/mol. The lowest BCUT2D eigenvalue weighted by atomic mass is 10.0. The molecule has 0 aliphatic carbocycles. The quantitative estimate of drug-likeness (QED) is 0.861. The number of nitrogens with zero attached hydrogens (tertiary/aromatic N) is 2. The maximum absolute atomic E-state index is 11.9. The summed E-state index contributed by atoms with van der Waals surface area (Å²) in [6, 6.07) is 4.78. The molecule has 0 radical (unpaired) electrons. The fraction of sp³-hybridized carbons (Fsp3) is 0.429. The predicted molar refractivity (Wildman–Crippen MR) is 72.4 cm³/mol. The molecule has 1 unspecified atom stereocenters. The van der Waals surface area contributed by atoms with Gasteiger partial charge in [-0.05, 0) is 50.4 Å². The van der Waals surface area contributed by atoms with E-state index in [0.29, 0.717) is 11.6 Å². The van der Waals surface area contributed by atoms with Crippen molar-refractivity contribution in [3.63, 3.8) is 0 Å². The zero-order valence-electron chi connectivity index (χ0n) is 10.7. The van der Waals surface area contributed by atoms with Crippen molar-refractivity contribution in [1.82, 2.24) is 14.7 Å². The molecule has 0 aromatic carbocycles. The van der Waals surface area contributed by atoms with Crippen molar-refractivity contribution in [2.24, 2.45) is 5.92 Å². The minimum Gasteiger partial charge on any atom is -0.506 e. The molecule has 3 heterocycles. The third-order valence-corrected chi connectivity index (χ3v) is 3.67. The second kappa shape index (κ2) is 5.01. The Labute approximate surface area is 110 Å². The molecule has 0 amide bonds. The highest BCUT2D eigenvalue weighted by atomic mass is 16.3. The number of pyridine rings is 1. The van der Waals surface area contributed by atoms with E-state index in [2.05, 4.69) is 10.3 Å². The Bertz CT molecular complexity index is 645. The Balaban J connectivity index is 1.84. The minimum absolute atomic E-state index is 0.0705. The smallest absolute Gasteiger partial charge is 0.258 e. The van der Waals surface area contributed by atoms with E-state index in [1.165, 1.54) is 17.0 Å². The maximum Gasteiger partial charge on any atom is 0.258 e. The molecule has 1 atom stereocenters. The number of fused-ring (bicyclic) bond motifs is 1.